The number of rotatable bonds is 7. The number of hydrogen-bond donors (Lipinski definition) is 3. The van der Waals surface area contributed by atoms with E-state index in [1.165, 1.54) is 11.9 Å². The molecule has 7 rings (SSSR count). The Morgan fingerprint density at radius 3 is 2.73 bits per heavy atom. The van der Waals surface area contributed by atoms with Gasteiger partial charge in [-0.15, -0.1) is 10.2 Å². The smallest absolute Gasteiger partial charge is 0.272 e. The first-order chi connectivity index (χ1) is 23.3. The molecule has 13 nitrogen and oxygen atoms in total. The number of amidine groups is 1. The van der Waals surface area contributed by atoms with Gasteiger partial charge in [-0.2, -0.15) is 15.3 Å². The standard InChI is InChI=1S/C34H36FN11O2/c1-20-7-9-24(16-25(20)32-42-41-30-6-4-3-5-13-44(30)32)40-33(47)28-15-23(35)18-45(28)29(36)19-46-27-10-8-21(22-11-12-38-39-17-22)14-26(27)31(43-46)34(48)37-2/h7-12,14,16-17,23,28,36H,3-6,13,15,18-19H2,1-2H3,(H,37,48)(H,40,47). The first kappa shape index (κ1) is 31.1. The van der Waals surface area contributed by atoms with Gasteiger partial charge in [-0.05, 0) is 61.2 Å². The SMILES string of the molecule is CNC(=O)c1nn(CC(=N)N2CC(F)CC2C(=O)Nc2ccc(C)c(-c3nnc4n3CCCCC4)c2)c2ccc(-c3ccnnc3)cc12. The molecule has 0 aliphatic carbocycles. The molecule has 0 saturated carbocycles. The third kappa shape index (κ3) is 5.89. The Balaban J connectivity index is 1.12. The van der Waals surface area contributed by atoms with E-state index in [0.29, 0.717) is 16.6 Å². The Morgan fingerprint density at radius 2 is 1.92 bits per heavy atom. The average Bonchev–Trinajstić information content (AvgIpc) is 3.75. The molecule has 3 N–H and O–H groups in total. The second kappa shape index (κ2) is 12.9. The van der Waals surface area contributed by atoms with Crippen molar-refractivity contribution in [1.29, 1.82) is 5.41 Å². The minimum atomic E-state index is -1.28. The average molecular weight is 650 g/mol. The molecule has 0 bridgehead atoms. The summed E-state index contributed by atoms with van der Waals surface area (Å²) in [6.45, 7) is 2.69. The Kier molecular flexibility index (Phi) is 8.38. The van der Waals surface area contributed by atoms with Crippen molar-refractivity contribution in [2.24, 2.45) is 0 Å². The number of carbonyl (C=O) groups is 2. The molecular weight excluding hydrogens is 613 g/mol. The predicted molar refractivity (Wildman–Crippen MR) is 178 cm³/mol. The van der Waals surface area contributed by atoms with Crippen molar-refractivity contribution in [1.82, 2.24) is 45.0 Å². The number of carbonyl (C=O) groups excluding carboxylic acids is 2. The summed E-state index contributed by atoms with van der Waals surface area (Å²) < 4.78 is 18.6. The number of aromatic nitrogens is 7. The van der Waals surface area contributed by atoms with Gasteiger partial charge in [-0.25, -0.2) is 4.39 Å². The molecule has 0 radical (unpaired) electrons. The van der Waals surface area contributed by atoms with E-state index >= 15 is 0 Å². The van der Waals surface area contributed by atoms with E-state index in [-0.39, 0.29) is 36.9 Å². The molecule has 14 heteroatoms. The highest BCUT2D eigenvalue weighted by molar-refractivity contribution is 6.06. The van der Waals surface area contributed by atoms with Gasteiger partial charge < -0.3 is 20.1 Å². The first-order valence-corrected chi connectivity index (χ1v) is 16.1. The van der Waals surface area contributed by atoms with E-state index in [0.717, 1.165) is 66.1 Å². The number of nitrogens with zero attached hydrogens (tertiary/aromatic N) is 8. The summed E-state index contributed by atoms with van der Waals surface area (Å²) in [7, 11) is 1.53. The number of amides is 2. The van der Waals surface area contributed by atoms with Gasteiger partial charge in [0.15, 0.2) is 11.5 Å². The van der Waals surface area contributed by atoms with Crippen molar-refractivity contribution in [3.63, 3.8) is 0 Å². The van der Waals surface area contributed by atoms with Crippen LogP contribution in [0.5, 0.6) is 0 Å². The molecule has 5 heterocycles. The van der Waals surface area contributed by atoms with Crippen molar-refractivity contribution in [2.45, 2.75) is 64.3 Å². The van der Waals surface area contributed by atoms with E-state index < -0.39 is 18.1 Å². The highest BCUT2D eigenvalue weighted by Gasteiger charge is 2.39. The fourth-order valence-electron chi connectivity index (χ4n) is 6.64. The van der Waals surface area contributed by atoms with Crippen LogP contribution in [0, 0.1) is 12.3 Å². The number of alkyl halides is 1. The third-order valence-electron chi connectivity index (χ3n) is 9.16. The van der Waals surface area contributed by atoms with Gasteiger partial charge in [-0.3, -0.25) is 19.7 Å². The number of aryl methyl sites for hydroxylation is 2. The van der Waals surface area contributed by atoms with Crippen LogP contribution in [0.15, 0.2) is 54.9 Å². The lowest BCUT2D eigenvalue weighted by Gasteiger charge is -2.26. The van der Waals surface area contributed by atoms with Gasteiger partial charge in [-0.1, -0.05) is 18.6 Å². The molecule has 48 heavy (non-hydrogen) atoms. The number of likely N-dealkylation sites (tertiary alicyclic amines) is 1. The maximum Gasteiger partial charge on any atom is 0.272 e. The normalized spacial score (nSPS) is 17.6. The topological polar surface area (TPSA) is 160 Å². The first-order valence-electron chi connectivity index (χ1n) is 16.1. The van der Waals surface area contributed by atoms with Gasteiger partial charge >= 0.3 is 0 Å². The van der Waals surface area contributed by atoms with Crippen molar-refractivity contribution in [3.8, 4) is 22.5 Å². The lowest BCUT2D eigenvalue weighted by molar-refractivity contribution is -0.119. The van der Waals surface area contributed by atoms with Crippen molar-refractivity contribution < 1.29 is 14.0 Å². The maximum atomic E-state index is 14.9. The van der Waals surface area contributed by atoms with Gasteiger partial charge in [0.05, 0.1) is 31.0 Å². The minimum Gasteiger partial charge on any atom is -0.354 e. The number of anilines is 1. The number of hydrogen-bond acceptors (Lipinski definition) is 8. The summed E-state index contributed by atoms with van der Waals surface area (Å²) >= 11 is 0. The van der Waals surface area contributed by atoms with Crippen LogP contribution in [0.3, 0.4) is 0 Å². The molecule has 3 aromatic heterocycles. The summed E-state index contributed by atoms with van der Waals surface area (Å²) in [4.78, 5) is 28.0. The molecule has 2 aromatic carbocycles. The number of halogens is 1. The summed E-state index contributed by atoms with van der Waals surface area (Å²) in [5, 5.41) is 36.4. The minimum absolute atomic E-state index is 0.0151. The zero-order valence-corrected chi connectivity index (χ0v) is 26.8. The van der Waals surface area contributed by atoms with Crippen LogP contribution in [0.4, 0.5) is 10.1 Å². The van der Waals surface area contributed by atoms with E-state index in [4.69, 9.17) is 5.41 Å². The third-order valence-corrected chi connectivity index (χ3v) is 9.16. The van der Waals surface area contributed by atoms with Gasteiger partial charge in [0.2, 0.25) is 5.91 Å². The molecule has 2 unspecified atom stereocenters. The molecule has 1 fully saturated rings. The fourth-order valence-corrected chi connectivity index (χ4v) is 6.64. The molecular formula is C34H36FN11O2. The molecule has 2 aliphatic heterocycles. The maximum absolute atomic E-state index is 14.9. The Hall–Kier alpha value is -5.53. The van der Waals surface area contributed by atoms with Gasteiger partial charge in [0.25, 0.3) is 5.91 Å². The van der Waals surface area contributed by atoms with E-state index in [9.17, 15) is 14.0 Å². The van der Waals surface area contributed by atoms with Gasteiger partial charge in [0, 0.05) is 48.6 Å². The second-order valence-corrected chi connectivity index (χ2v) is 12.3. The van der Waals surface area contributed by atoms with E-state index in [2.05, 4.69) is 40.7 Å². The Labute approximate surface area is 276 Å². The van der Waals surface area contributed by atoms with Crippen LogP contribution < -0.4 is 10.6 Å². The fraction of sp³-hybridized carbons (Fsp3) is 0.353. The van der Waals surface area contributed by atoms with E-state index in [1.54, 1.807) is 17.1 Å². The molecule has 2 atom stereocenters. The van der Waals surface area contributed by atoms with E-state index in [1.807, 2.05) is 49.4 Å². The lowest BCUT2D eigenvalue weighted by atomic mass is 10.0. The van der Waals surface area contributed by atoms with Crippen LogP contribution in [-0.2, 0) is 24.3 Å². The van der Waals surface area contributed by atoms with Gasteiger partial charge in [0.1, 0.15) is 23.9 Å². The largest absolute Gasteiger partial charge is 0.354 e. The second-order valence-electron chi connectivity index (χ2n) is 12.3. The predicted octanol–water partition coefficient (Wildman–Crippen LogP) is 4.17. The lowest BCUT2D eigenvalue weighted by Crippen LogP contribution is -2.44. The van der Waals surface area contributed by atoms with Crippen LogP contribution >= 0.6 is 0 Å². The van der Waals surface area contributed by atoms with Crippen LogP contribution in [0.25, 0.3) is 33.4 Å². The molecule has 2 aliphatic rings. The van der Waals surface area contributed by atoms with Crippen molar-refractivity contribution in [2.75, 3.05) is 18.9 Å². The quantitative estimate of drug-likeness (QED) is 0.175. The Bertz CT molecular complexity index is 2020. The van der Waals surface area contributed by atoms with Crippen molar-refractivity contribution >= 4 is 34.2 Å². The molecule has 246 valence electrons. The van der Waals surface area contributed by atoms with Crippen LogP contribution in [0.2, 0.25) is 0 Å². The highest BCUT2D eigenvalue weighted by Crippen LogP contribution is 2.30. The molecule has 5 aromatic rings. The summed E-state index contributed by atoms with van der Waals surface area (Å²) in [5.74, 6) is 0.991. The summed E-state index contributed by atoms with van der Waals surface area (Å²) in [6.07, 6.45) is 6.09. The zero-order chi connectivity index (χ0) is 33.4. The van der Waals surface area contributed by atoms with Crippen molar-refractivity contribution in [3.05, 3.63) is 71.9 Å². The van der Waals surface area contributed by atoms with Crippen LogP contribution in [0.1, 0.15) is 47.6 Å². The highest BCUT2D eigenvalue weighted by atomic mass is 19.1. The molecule has 0 spiro atoms. The number of fused-ring (bicyclic) bond motifs is 2. The van der Waals surface area contributed by atoms with Crippen LogP contribution in [-0.4, -0.2) is 83.1 Å². The molecule has 2 amide bonds. The summed E-state index contributed by atoms with van der Waals surface area (Å²) in [5.41, 5.74) is 4.93. The zero-order valence-electron chi connectivity index (χ0n) is 26.8. The monoisotopic (exact) mass is 649 g/mol. The number of benzene rings is 2. The Morgan fingerprint density at radius 1 is 1.04 bits per heavy atom. The summed E-state index contributed by atoms with van der Waals surface area (Å²) in [6, 6.07) is 12.1. The molecule has 1 saturated heterocycles. The number of nitrogens with one attached hydrogen (secondary N) is 3.